The van der Waals surface area contributed by atoms with Gasteiger partial charge in [-0.2, -0.15) is 5.26 Å². The Morgan fingerprint density at radius 2 is 2.14 bits per heavy atom. The normalized spacial score (nSPS) is 15.2. The van der Waals surface area contributed by atoms with Crippen molar-refractivity contribution in [3.8, 4) is 17.6 Å². The summed E-state index contributed by atoms with van der Waals surface area (Å²) in [6, 6.07) is 7.59. The Balaban J connectivity index is 1.89. The van der Waals surface area contributed by atoms with E-state index >= 15 is 0 Å². The van der Waals surface area contributed by atoms with Crippen molar-refractivity contribution < 1.29 is 19.4 Å². The van der Waals surface area contributed by atoms with Gasteiger partial charge in [0, 0.05) is 13.1 Å². The molecule has 1 aromatic carbocycles. The molecule has 1 N–H and O–H groups in total. The number of likely N-dealkylation sites (tertiary alicyclic amines) is 1. The third-order valence-electron chi connectivity index (χ3n) is 3.87. The first kappa shape index (κ1) is 16.0. The number of ether oxygens (including phenoxy) is 2. The third kappa shape index (κ3) is 4.04. The Morgan fingerprint density at radius 1 is 1.41 bits per heavy atom. The van der Waals surface area contributed by atoms with Crippen LogP contribution < -0.4 is 9.47 Å². The Bertz CT molecular complexity index is 560. The van der Waals surface area contributed by atoms with E-state index in [0.717, 1.165) is 18.4 Å². The highest BCUT2D eigenvalue weighted by Gasteiger charge is 2.23. The van der Waals surface area contributed by atoms with E-state index < -0.39 is 6.09 Å². The molecule has 118 valence electrons. The summed E-state index contributed by atoms with van der Waals surface area (Å²) in [4.78, 5) is 12.3. The van der Waals surface area contributed by atoms with Crippen LogP contribution in [0, 0.1) is 17.2 Å². The van der Waals surface area contributed by atoms with Crippen LogP contribution in [0.5, 0.6) is 11.5 Å². The fourth-order valence-electron chi connectivity index (χ4n) is 2.53. The molecule has 2 rings (SSSR count). The predicted octanol–water partition coefficient (Wildman–Crippen LogP) is 2.53. The largest absolute Gasteiger partial charge is 0.493 e. The Labute approximate surface area is 129 Å². The first-order chi connectivity index (χ1) is 10.6. The summed E-state index contributed by atoms with van der Waals surface area (Å²) in [5.74, 6) is 1.62. The second-order valence-corrected chi connectivity index (χ2v) is 5.34. The molecule has 1 heterocycles. The molecule has 6 nitrogen and oxygen atoms in total. The lowest BCUT2D eigenvalue weighted by atomic mass is 9.98. The van der Waals surface area contributed by atoms with E-state index in [-0.39, 0.29) is 0 Å². The molecule has 0 spiro atoms. The minimum atomic E-state index is -0.853. The van der Waals surface area contributed by atoms with Crippen LogP contribution in [-0.4, -0.2) is 42.9 Å². The number of benzene rings is 1. The van der Waals surface area contributed by atoms with Gasteiger partial charge >= 0.3 is 6.09 Å². The molecule has 1 saturated heterocycles. The van der Waals surface area contributed by atoms with E-state index in [1.807, 2.05) is 18.2 Å². The monoisotopic (exact) mass is 304 g/mol. The van der Waals surface area contributed by atoms with Gasteiger partial charge < -0.3 is 19.5 Å². The maximum absolute atomic E-state index is 10.9. The fraction of sp³-hybridized carbons (Fsp3) is 0.500. The fourth-order valence-corrected chi connectivity index (χ4v) is 2.53. The molecule has 22 heavy (non-hydrogen) atoms. The number of hydrogen-bond donors (Lipinski definition) is 1. The predicted molar refractivity (Wildman–Crippen MR) is 80.1 cm³/mol. The molecule has 0 aromatic heterocycles. The van der Waals surface area contributed by atoms with E-state index in [0.29, 0.717) is 43.5 Å². The highest BCUT2D eigenvalue weighted by atomic mass is 16.5. The van der Waals surface area contributed by atoms with Crippen molar-refractivity contribution in [3.63, 3.8) is 0 Å². The van der Waals surface area contributed by atoms with Crippen LogP contribution in [0.15, 0.2) is 18.2 Å². The quantitative estimate of drug-likeness (QED) is 0.903. The van der Waals surface area contributed by atoms with Crippen LogP contribution in [0.4, 0.5) is 4.79 Å². The van der Waals surface area contributed by atoms with Crippen molar-refractivity contribution in [1.82, 2.24) is 4.90 Å². The molecule has 0 aliphatic carbocycles. The van der Waals surface area contributed by atoms with Crippen LogP contribution in [0.1, 0.15) is 18.4 Å². The zero-order valence-corrected chi connectivity index (χ0v) is 12.6. The number of amides is 1. The van der Waals surface area contributed by atoms with Crippen molar-refractivity contribution in [2.75, 3.05) is 26.8 Å². The molecule has 1 aromatic rings. The zero-order valence-electron chi connectivity index (χ0n) is 12.6. The smallest absolute Gasteiger partial charge is 0.407 e. The second-order valence-electron chi connectivity index (χ2n) is 5.34. The van der Waals surface area contributed by atoms with Crippen LogP contribution in [0.3, 0.4) is 0 Å². The van der Waals surface area contributed by atoms with Crippen molar-refractivity contribution in [1.29, 1.82) is 5.26 Å². The van der Waals surface area contributed by atoms with E-state index in [1.165, 1.54) is 4.90 Å². The number of piperidine rings is 1. The summed E-state index contributed by atoms with van der Waals surface area (Å²) in [5.41, 5.74) is 0.890. The lowest BCUT2D eigenvalue weighted by Gasteiger charge is -2.29. The number of carbonyl (C=O) groups is 1. The maximum Gasteiger partial charge on any atom is 0.407 e. The van der Waals surface area contributed by atoms with Crippen molar-refractivity contribution >= 4 is 6.09 Å². The summed E-state index contributed by atoms with van der Waals surface area (Å²) >= 11 is 0. The van der Waals surface area contributed by atoms with E-state index in [2.05, 4.69) is 6.07 Å². The number of nitriles is 1. The van der Waals surface area contributed by atoms with Crippen LogP contribution in [-0.2, 0) is 6.42 Å². The number of rotatable bonds is 5. The summed E-state index contributed by atoms with van der Waals surface area (Å²) in [6.45, 7) is 1.66. The second kappa shape index (κ2) is 7.55. The van der Waals surface area contributed by atoms with Gasteiger partial charge in [-0.1, -0.05) is 6.07 Å². The van der Waals surface area contributed by atoms with Gasteiger partial charge in [-0.05, 0) is 36.5 Å². The molecule has 0 atom stereocenters. The van der Waals surface area contributed by atoms with Crippen molar-refractivity contribution in [3.05, 3.63) is 23.8 Å². The Morgan fingerprint density at radius 3 is 2.73 bits per heavy atom. The Hall–Kier alpha value is -2.42. The van der Waals surface area contributed by atoms with Crippen molar-refractivity contribution in [2.24, 2.45) is 5.92 Å². The highest BCUT2D eigenvalue weighted by molar-refractivity contribution is 5.64. The zero-order chi connectivity index (χ0) is 15.9. The summed E-state index contributed by atoms with van der Waals surface area (Å²) in [6.07, 6.45) is 1.10. The molecule has 1 amide bonds. The average Bonchev–Trinajstić information content (AvgIpc) is 2.54. The molecular weight excluding hydrogens is 284 g/mol. The first-order valence-corrected chi connectivity index (χ1v) is 7.28. The molecule has 1 aliphatic heterocycles. The van der Waals surface area contributed by atoms with Crippen LogP contribution in [0.2, 0.25) is 0 Å². The molecule has 1 fully saturated rings. The molecule has 0 saturated carbocycles. The molecular formula is C16H20N2O4. The lowest BCUT2D eigenvalue weighted by Crippen LogP contribution is -2.38. The van der Waals surface area contributed by atoms with E-state index in [4.69, 9.17) is 19.8 Å². The van der Waals surface area contributed by atoms with E-state index in [1.54, 1.807) is 7.11 Å². The molecule has 6 heteroatoms. The summed E-state index contributed by atoms with van der Waals surface area (Å²) in [5, 5.41) is 17.6. The van der Waals surface area contributed by atoms with E-state index in [9.17, 15) is 4.79 Å². The van der Waals surface area contributed by atoms with Gasteiger partial charge in [0.15, 0.2) is 11.5 Å². The van der Waals surface area contributed by atoms with Gasteiger partial charge in [-0.15, -0.1) is 0 Å². The number of hydrogen-bond acceptors (Lipinski definition) is 4. The van der Waals surface area contributed by atoms with Gasteiger partial charge in [0.2, 0.25) is 0 Å². The van der Waals surface area contributed by atoms with Crippen LogP contribution >= 0.6 is 0 Å². The molecule has 0 unspecified atom stereocenters. The average molecular weight is 304 g/mol. The minimum Gasteiger partial charge on any atom is -0.493 e. The standard InChI is InChI=1S/C16H20N2O4/c1-21-15-10-12(4-7-17)2-3-14(15)22-11-13-5-8-18(9-6-13)16(19)20/h2-3,10,13H,4-6,8-9,11H2,1H3,(H,19,20). The Kier molecular flexibility index (Phi) is 5.48. The SMILES string of the molecule is COc1cc(CC#N)ccc1OCC1CCN(C(=O)O)CC1. The summed E-state index contributed by atoms with van der Waals surface area (Å²) < 4.78 is 11.1. The molecule has 0 bridgehead atoms. The van der Waals surface area contributed by atoms with Gasteiger partial charge in [0.05, 0.1) is 26.2 Å². The number of carboxylic acid groups (broad SMARTS) is 1. The van der Waals surface area contributed by atoms with Gasteiger partial charge in [-0.25, -0.2) is 4.79 Å². The van der Waals surface area contributed by atoms with Gasteiger partial charge in [0.1, 0.15) is 0 Å². The lowest BCUT2D eigenvalue weighted by molar-refractivity contribution is 0.111. The van der Waals surface area contributed by atoms with Gasteiger partial charge in [-0.3, -0.25) is 0 Å². The summed E-state index contributed by atoms with van der Waals surface area (Å²) in [7, 11) is 1.57. The molecule has 1 aliphatic rings. The third-order valence-corrected chi connectivity index (χ3v) is 3.87. The minimum absolute atomic E-state index is 0.338. The first-order valence-electron chi connectivity index (χ1n) is 7.28. The molecule has 0 radical (unpaired) electrons. The van der Waals surface area contributed by atoms with Crippen LogP contribution in [0.25, 0.3) is 0 Å². The maximum atomic E-state index is 10.9. The highest BCUT2D eigenvalue weighted by Crippen LogP contribution is 2.29. The topological polar surface area (TPSA) is 82.8 Å². The van der Waals surface area contributed by atoms with Crippen molar-refractivity contribution in [2.45, 2.75) is 19.3 Å². The van der Waals surface area contributed by atoms with Gasteiger partial charge in [0.25, 0.3) is 0 Å². The number of nitrogens with zero attached hydrogens (tertiary/aromatic N) is 2. The number of methoxy groups -OCH3 is 1.